The number of carboxylic acids is 2. The fourth-order valence-corrected chi connectivity index (χ4v) is 3.10. The van der Waals surface area contributed by atoms with E-state index in [1.165, 1.54) is 13.1 Å². The van der Waals surface area contributed by atoms with E-state index in [-0.39, 0.29) is 0 Å². The second-order valence-corrected chi connectivity index (χ2v) is 7.24. The Morgan fingerprint density at radius 3 is 2.03 bits per heavy atom. The van der Waals surface area contributed by atoms with Gasteiger partial charge >= 0.3 is 11.9 Å². The summed E-state index contributed by atoms with van der Waals surface area (Å²) in [7, 11) is 0. The molecule has 9 nitrogen and oxygen atoms in total. The molecule has 0 spiro atoms. The van der Waals surface area contributed by atoms with Gasteiger partial charge in [0.25, 0.3) is 0 Å². The summed E-state index contributed by atoms with van der Waals surface area (Å²) in [5.41, 5.74) is 0. The molecule has 0 saturated carbocycles. The van der Waals surface area contributed by atoms with Crippen LogP contribution in [0.1, 0.15) is 6.92 Å². The van der Waals surface area contributed by atoms with E-state index in [0.29, 0.717) is 13.2 Å². The molecular weight excluding hydrogens is 428 g/mol. The van der Waals surface area contributed by atoms with Crippen molar-refractivity contribution >= 4 is 11.9 Å². The summed E-state index contributed by atoms with van der Waals surface area (Å²) >= 11 is 0. The second kappa shape index (κ2) is 14.8. The maximum absolute atomic E-state index is 9.10. The maximum atomic E-state index is 9.10. The second-order valence-electron chi connectivity index (χ2n) is 7.24. The molecule has 2 N–H and O–H groups in total. The first-order chi connectivity index (χ1) is 16.0. The fraction of sp³-hybridized carbons (Fsp3) is 0.417. The van der Waals surface area contributed by atoms with Crippen molar-refractivity contribution in [2.45, 2.75) is 6.92 Å². The molecule has 1 heterocycles. The first kappa shape index (κ1) is 26.1. The molecule has 0 radical (unpaired) electrons. The average Bonchev–Trinajstić information content (AvgIpc) is 2.83. The summed E-state index contributed by atoms with van der Waals surface area (Å²) in [5.74, 6) is -1.27. The largest absolute Gasteiger partial charge is 0.491 e. The Balaban J connectivity index is 0.000000569. The summed E-state index contributed by atoms with van der Waals surface area (Å²) in [6, 6.07) is 17.4. The number of hydrogen-bond donors (Lipinski definition) is 2. The van der Waals surface area contributed by atoms with Crippen LogP contribution in [0.5, 0.6) is 17.2 Å². The van der Waals surface area contributed by atoms with Crippen LogP contribution in [0.2, 0.25) is 0 Å². The van der Waals surface area contributed by atoms with Gasteiger partial charge in [0.1, 0.15) is 23.9 Å². The minimum Gasteiger partial charge on any atom is -0.491 e. The smallest absolute Gasteiger partial charge is 0.414 e. The first-order valence-electron chi connectivity index (χ1n) is 10.9. The number of ether oxygens (including phenoxy) is 3. The van der Waals surface area contributed by atoms with Gasteiger partial charge in [0, 0.05) is 38.8 Å². The monoisotopic (exact) mass is 460 g/mol. The Bertz CT molecular complexity index is 828. The number of carbonyl (C=O) groups is 2. The molecule has 0 bridgehead atoms. The Morgan fingerprint density at radius 1 is 0.788 bits per heavy atom. The number of benzene rings is 2. The van der Waals surface area contributed by atoms with Gasteiger partial charge in [-0.2, -0.15) is 0 Å². The van der Waals surface area contributed by atoms with Crippen LogP contribution in [0.3, 0.4) is 0 Å². The Kier molecular flexibility index (Phi) is 11.7. The van der Waals surface area contributed by atoms with E-state index in [2.05, 4.69) is 16.7 Å². The lowest BCUT2D eigenvalue weighted by atomic mass is 10.3. The quantitative estimate of drug-likeness (QED) is 0.408. The summed E-state index contributed by atoms with van der Waals surface area (Å²) in [4.78, 5) is 23.2. The Labute approximate surface area is 194 Å². The van der Waals surface area contributed by atoms with E-state index in [1.54, 1.807) is 0 Å². The van der Waals surface area contributed by atoms with Crippen molar-refractivity contribution in [3.8, 4) is 17.2 Å². The highest BCUT2D eigenvalue weighted by molar-refractivity contribution is 6.27. The number of piperazine rings is 1. The summed E-state index contributed by atoms with van der Waals surface area (Å²) in [6.07, 6.45) is 0. The first-order valence-corrected chi connectivity index (χ1v) is 10.9. The summed E-state index contributed by atoms with van der Waals surface area (Å²) in [6.45, 7) is 10.9. The number of rotatable bonds is 10. The molecule has 1 fully saturated rings. The molecule has 0 unspecified atom stereocenters. The van der Waals surface area contributed by atoms with Crippen molar-refractivity contribution in [3.63, 3.8) is 0 Å². The lowest BCUT2D eigenvalue weighted by Gasteiger charge is -2.33. The normalized spacial score (nSPS) is 14.1. The third kappa shape index (κ3) is 10.8. The summed E-state index contributed by atoms with van der Waals surface area (Å²) < 4.78 is 17.3. The molecule has 0 aliphatic carbocycles. The number of para-hydroxylation sites is 1. The third-order valence-corrected chi connectivity index (χ3v) is 4.93. The molecule has 1 aliphatic heterocycles. The van der Waals surface area contributed by atoms with Gasteiger partial charge in [-0.1, -0.05) is 31.2 Å². The Hall–Kier alpha value is -3.14. The highest BCUT2D eigenvalue weighted by atomic mass is 16.5. The number of carboxylic acid groups (broad SMARTS) is 2. The van der Waals surface area contributed by atoms with Crippen LogP contribution in [0.25, 0.3) is 0 Å². The van der Waals surface area contributed by atoms with Crippen LogP contribution in [0.15, 0.2) is 54.6 Å². The molecule has 33 heavy (non-hydrogen) atoms. The van der Waals surface area contributed by atoms with Gasteiger partial charge in [0.15, 0.2) is 0 Å². The van der Waals surface area contributed by atoms with Gasteiger partial charge in [-0.15, -0.1) is 0 Å². The van der Waals surface area contributed by atoms with Crippen LogP contribution in [-0.4, -0.2) is 91.0 Å². The van der Waals surface area contributed by atoms with Gasteiger partial charge in [0.2, 0.25) is 0 Å². The van der Waals surface area contributed by atoms with E-state index in [1.807, 2.05) is 54.6 Å². The van der Waals surface area contributed by atoms with Gasteiger partial charge < -0.3 is 29.3 Å². The number of aliphatic carboxylic acids is 2. The highest BCUT2D eigenvalue weighted by Crippen LogP contribution is 2.24. The standard InChI is InChI=1S/C22H30N2O3.C2H2O4/c1-2-23-11-13-24(14-12-23)15-16-25-17-18-26-21-9-6-10-22(19-21)27-20-7-4-3-5-8-20;3-1(4)2(5)6/h3-10,19H,2,11-18H2,1H3;(H,3,4)(H,5,6). The van der Waals surface area contributed by atoms with Crippen molar-refractivity contribution in [2.75, 3.05) is 59.1 Å². The van der Waals surface area contributed by atoms with E-state index in [4.69, 9.17) is 34.0 Å². The van der Waals surface area contributed by atoms with Crippen LogP contribution in [-0.2, 0) is 14.3 Å². The van der Waals surface area contributed by atoms with Crippen LogP contribution in [0, 0.1) is 0 Å². The van der Waals surface area contributed by atoms with Gasteiger partial charge in [-0.3, -0.25) is 4.90 Å². The van der Waals surface area contributed by atoms with E-state index < -0.39 is 11.9 Å². The predicted molar refractivity (Wildman–Crippen MR) is 123 cm³/mol. The topological polar surface area (TPSA) is 109 Å². The lowest BCUT2D eigenvalue weighted by Crippen LogP contribution is -2.47. The zero-order valence-electron chi connectivity index (χ0n) is 18.9. The van der Waals surface area contributed by atoms with E-state index >= 15 is 0 Å². The van der Waals surface area contributed by atoms with Crippen molar-refractivity contribution in [1.29, 1.82) is 0 Å². The highest BCUT2D eigenvalue weighted by Gasteiger charge is 2.14. The van der Waals surface area contributed by atoms with Crippen molar-refractivity contribution in [2.24, 2.45) is 0 Å². The zero-order valence-corrected chi connectivity index (χ0v) is 18.9. The van der Waals surface area contributed by atoms with Crippen molar-refractivity contribution in [1.82, 2.24) is 9.80 Å². The van der Waals surface area contributed by atoms with Crippen LogP contribution < -0.4 is 9.47 Å². The number of nitrogens with zero attached hydrogens (tertiary/aromatic N) is 2. The molecule has 180 valence electrons. The predicted octanol–water partition coefficient (Wildman–Crippen LogP) is 2.67. The van der Waals surface area contributed by atoms with Gasteiger partial charge in [-0.25, -0.2) is 9.59 Å². The molecule has 1 saturated heterocycles. The van der Waals surface area contributed by atoms with Crippen LogP contribution in [0.4, 0.5) is 0 Å². The zero-order chi connectivity index (χ0) is 23.9. The van der Waals surface area contributed by atoms with Crippen molar-refractivity contribution in [3.05, 3.63) is 54.6 Å². The van der Waals surface area contributed by atoms with Crippen LogP contribution >= 0.6 is 0 Å². The molecule has 1 aliphatic rings. The van der Waals surface area contributed by atoms with E-state index in [9.17, 15) is 0 Å². The number of likely N-dealkylation sites (N-methyl/N-ethyl adjacent to an activating group) is 1. The Morgan fingerprint density at radius 2 is 1.39 bits per heavy atom. The molecule has 3 rings (SSSR count). The fourth-order valence-electron chi connectivity index (χ4n) is 3.10. The van der Waals surface area contributed by atoms with Crippen molar-refractivity contribution < 1.29 is 34.0 Å². The van der Waals surface area contributed by atoms with E-state index in [0.717, 1.165) is 50.0 Å². The molecular formula is C24H32N2O7. The third-order valence-electron chi connectivity index (χ3n) is 4.93. The lowest BCUT2D eigenvalue weighted by molar-refractivity contribution is -0.159. The number of hydrogen-bond acceptors (Lipinski definition) is 7. The molecule has 9 heteroatoms. The van der Waals surface area contributed by atoms with Gasteiger partial charge in [0.05, 0.1) is 13.2 Å². The maximum Gasteiger partial charge on any atom is 0.414 e. The average molecular weight is 461 g/mol. The molecule has 0 aromatic heterocycles. The molecule has 0 amide bonds. The minimum absolute atomic E-state index is 0.540. The molecule has 2 aromatic rings. The molecule has 0 atom stereocenters. The minimum atomic E-state index is -1.82. The summed E-state index contributed by atoms with van der Waals surface area (Å²) in [5, 5.41) is 14.8. The SMILES string of the molecule is CCN1CCN(CCOCCOc2cccc(Oc3ccccc3)c2)CC1.O=C(O)C(=O)O. The van der Waals surface area contributed by atoms with Gasteiger partial charge in [-0.05, 0) is 30.8 Å². The molecule has 2 aromatic carbocycles.